The molecule has 0 aliphatic heterocycles. The predicted octanol–water partition coefficient (Wildman–Crippen LogP) is 5.42. The van der Waals surface area contributed by atoms with Crippen LogP contribution in [0.4, 0.5) is 0 Å². The zero-order valence-electron chi connectivity index (χ0n) is 18.0. The molecule has 0 aliphatic rings. The third-order valence-electron chi connectivity index (χ3n) is 4.94. The molecule has 1 N–H and O–H groups in total. The molecule has 0 bridgehead atoms. The quantitative estimate of drug-likeness (QED) is 0.556. The number of benzene rings is 2. The molecule has 0 spiro atoms. The SMILES string of the molecule is Cc1ccc(CCC(=O)N(Cc2ccc(Cl)c(Cl)c2)[C@H](C)C(=O)NCC(C)C)cc1. The number of nitrogens with zero attached hydrogens (tertiary/aromatic N) is 1. The number of halogens is 2. The van der Waals surface area contributed by atoms with Crippen molar-refractivity contribution in [1.29, 1.82) is 0 Å². The van der Waals surface area contributed by atoms with Gasteiger partial charge in [0.25, 0.3) is 0 Å². The highest BCUT2D eigenvalue weighted by Gasteiger charge is 2.26. The summed E-state index contributed by atoms with van der Waals surface area (Å²) in [6, 6.07) is 12.8. The van der Waals surface area contributed by atoms with Gasteiger partial charge in [0.15, 0.2) is 0 Å². The molecule has 2 aromatic rings. The molecule has 1 atom stereocenters. The maximum absolute atomic E-state index is 13.1. The van der Waals surface area contributed by atoms with E-state index in [-0.39, 0.29) is 11.8 Å². The summed E-state index contributed by atoms with van der Waals surface area (Å²) in [5.74, 6) is 0.100. The molecule has 6 heteroatoms. The lowest BCUT2D eigenvalue weighted by atomic mass is 10.1. The zero-order valence-corrected chi connectivity index (χ0v) is 19.6. The normalized spacial score (nSPS) is 12.0. The van der Waals surface area contributed by atoms with Crippen molar-refractivity contribution in [2.45, 2.75) is 53.1 Å². The standard InChI is InChI=1S/C24H30Cl2N2O2/c1-16(2)14-27-24(30)18(4)28(15-20-9-11-21(25)22(26)13-20)23(29)12-10-19-7-5-17(3)6-8-19/h5-9,11,13,16,18H,10,12,14-15H2,1-4H3,(H,27,30)/t18-/m1/s1. The first-order chi connectivity index (χ1) is 14.2. The third-order valence-corrected chi connectivity index (χ3v) is 5.68. The molecule has 0 radical (unpaired) electrons. The van der Waals surface area contributed by atoms with Gasteiger partial charge in [-0.05, 0) is 49.4 Å². The number of hydrogen-bond donors (Lipinski definition) is 1. The van der Waals surface area contributed by atoms with Crippen molar-refractivity contribution in [1.82, 2.24) is 10.2 Å². The summed E-state index contributed by atoms with van der Waals surface area (Å²) in [7, 11) is 0. The van der Waals surface area contributed by atoms with Gasteiger partial charge < -0.3 is 10.2 Å². The molecule has 0 unspecified atom stereocenters. The van der Waals surface area contributed by atoms with Crippen LogP contribution in [0.2, 0.25) is 10.0 Å². The third kappa shape index (κ3) is 7.33. The van der Waals surface area contributed by atoms with Crippen LogP contribution < -0.4 is 5.32 Å². The Bertz CT molecular complexity index is 866. The van der Waals surface area contributed by atoms with Crippen molar-refractivity contribution in [3.05, 3.63) is 69.2 Å². The molecule has 2 aromatic carbocycles. The minimum absolute atomic E-state index is 0.0751. The molecule has 0 aliphatic carbocycles. The van der Waals surface area contributed by atoms with Crippen LogP contribution in [-0.4, -0.2) is 29.3 Å². The fourth-order valence-corrected chi connectivity index (χ4v) is 3.34. The first-order valence-corrected chi connectivity index (χ1v) is 11.0. The van der Waals surface area contributed by atoms with E-state index < -0.39 is 6.04 Å². The van der Waals surface area contributed by atoms with Gasteiger partial charge in [0.05, 0.1) is 10.0 Å². The van der Waals surface area contributed by atoms with Gasteiger partial charge in [0, 0.05) is 19.5 Å². The van der Waals surface area contributed by atoms with E-state index >= 15 is 0 Å². The van der Waals surface area contributed by atoms with E-state index in [2.05, 4.69) is 5.32 Å². The summed E-state index contributed by atoms with van der Waals surface area (Å²) in [4.78, 5) is 27.4. The van der Waals surface area contributed by atoms with Crippen LogP contribution >= 0.6 is 23.2 Å². The Morgan fingerprint density at radius 2 is 1.60 bits per heavy atom. The Morgan fingerprint density at radius 1 is 0.967 bits per heavy atom. The van der Waals surface area contributed by atoms with E-state index in [1.807, 2.05) is 51.1 Å². The zero-order chi connectivity index (χ0) is 22.3. The lowest BCUT2D eigenvalue weighted by molar-refractivity contribution is -0.140. The van der Waals surface area contributed by atoms with Gasteiger partial charge in [-0.1, -0.05) is 72.9 Å². The molecule has 4 nitrogen and oxygen atoms in total. The van der Waals surface area contributed by atoms with Crippen molar-refractivity contribution in [2.24, 2.45) is 5.92 Å². The first-order valence-electron chi connectivity index (χ1n) is 10.2. The Morgan fingerprint density at radius 3 is 2.20 bits per heavy atom. The first kappa shape index (κ1) is 24.2. The van der Waals surface area contributed by atoms with Crippen LogP contribution in [0.5, 0.6) is 0 Å². The van der Waals surface area contributed by atoms with E-state index in [9.17, 15) is 9.59 Å². The van der Waals surface area contributed by atoms with Gasteiger partial charge in [0.1, 0.15) is 6.04 Å². The van der Waals surface area contributed by atoms with Gasteiger partial charge in [-0.2, -0.15) is 0 Å². The molecule has 0 saturated carbocycles. The Hall–Kier alpha value is -2.04. The molecule has 0 aromatic heterocycles. The number of amides is 2. The summed E-state index contributed by atoms with van der Waals surface area (Å²) in [5.41, 5.74) is 3.11. The van der Waals surface area contributed by atoms with Crippen LogP contribution in [0.1, 0.15) is 43.9 Å². The average Bonchev–Trinajstić information content (AvgIpc) is 2.71. The summed E-state index contributed by atoms with van der Waals surface area (Å²) in [6.45, 7) is 8.72. The molecule has 0 fully saturated rings. The van der Waals surface area contributed by atoms with Crippen LogP contribution in [-0.2, 0) is 22.6 Å². The maximum Gasteiger partial charge on any atom is 0.242 e. The van der Waals surface area contributed by atoms with E-state index in [0.717, 1.165) is 11.1 Å². The highest BCUT2D eigenvalue weighted by Crippen LogP contribution is 2.24. The van der Waals surface area contributed by atoms with Gasteiger partial charge in [-0.15, -0.1) is 0 Å². The predicted molar refractivity (Wildman–Crippen MR) is 124 cm³/mol. The van der Waals surface area contributed by atoms with Crippen LogP contribution in [0.3, 0.4) is 0 Å². The smallest absolute Gasteiger partial charge is 0.242 e. The number of nitrogens with one attached hydrogen (secondary N) is 1. The summed E-state index contributed by atoms with van der Waals surface area (Å²) in [5, 5.41) is 3.81. The summed E-state index contributed by atoms with van der Waals surface area (Å²) < 4.78 is 0. The van der Waals surface area contributed by atoms with E-state index in [4.69, 9.17) is 23.2 Å². The highest BCUT2D eigenvalue weighted by atomic mass is 35.5. The highest BCUT2D eigenvalue weighted by molar-refractivity contribution is 6.42. The number of rotatable bonds is 9. The molecule has 162 valence electrons. The number of aryl methyl sites for hydroxylation is 2. The molecule has 30 heavy (non-hydrogen) atoms. The molecule has 0 saturated heterocycles. The van der Waals surface area contributed by atoms with Crippen molar-refractivity contribution in [2.75, 3.05) is 6.54 Å². The number of carbonyl (C=O) groups is 2. The van der Waals surface area contributed by atoms with Gasteiger partial charge in [-0.3, -0.25) is 9.59 Å². The van der Waals surface area contributed by atoms with E-state index in [0.29, 0.717) is 41.9 Å². The fraction of sp³-hybridized carbons (Fsp3) is 0.417. The van der Waals surface area contributed by atoms with Gasteiger partial charge in [-0.25, -0.2) is 0 Å². The van der Waals surface area contributed by atoms with Crippen molar-refractivity contribution in [3.63, 3.8) is 0 Å². The minimum Gasteiger partial charge on any atom is -0.354 e. The molecule has 2 amide bonds. The number of carbonyl (C=O) groups excluding carboxylic acids is 2. The summed E-state index contributed by atoms with van der Waals surface area (Å²) in [6.07, 6.45) is 0.948. The van der Waals surface area contributed by atoms with Crippen molar-refractivity contribution >= 4 is 35.0 Å². The lowest BCUT2D eigenvalue weighted by Gasteiger charge is -2.29. The van der Waals surface area contributed by atoms with E-state index in [1.54, 1.807) is 24.0 Å². The molecule has 2 rings (SSSR count). The van der Waals surface area contributed by atoms with E-state index in [1.165, 1.54) is 5.56 Å². The molecular formula is C24H30Cl2N2O2. The average molecular weight is 449 g/mol. The molecule has 0 heterocycles. The molecular weight excluding hydrogens is 419 g/mol. The lowest BCUT2D eigenvalue weighted by Crippen LogP contribution is -2.48. The summed E-state index contributed by atoms with van der Waals surface area (Å²) >= 11 is 12.2. The van der Waals surface area contributed by atoms with Crippen LogP contribution in [0.15, 0.2) is 42.5 Å². The van der Waals surface area contributed by atoms with Crippen LogP contribution in [0, 0.1) is 12.8 Å². The second kappa shape index (κ2) is 11.4. The Labute approximate surface area is 189 Å². The van der Waals surface area contributed by atoms with Gasteiger partial charge in [0.2, 0.25) is 11.8 Å². The minimum atomic E-state index is -0.594. The van der Waals surface area contributed by atoms with Crippen molar-refractivity contribution in [3.8, 4) is 0 Å². The van der Waals surface area contributed by atoms with Crippen LogP contribution in [0.25, 0.3) is 0 Å². The van der Waals surface area contributed by atoms with Crippen molar-refractivity contribution < 1.29 is 9.59 Å². The largest absolute Gasteiger partial charge is 0.354 e. The fourth-order valence-electron chi connectivity index (χ4n) is 3.02. The van der Waals surface area contributed by atoms with Gasteiger partial charge >= 0.3 is 0 Å². The Balaban J connectivity index is 2.15. The second-order valence-electron chi connectivity index (χ2n) is 8.07. The maximum atomic E-state index is 13.1. The Kier molecular flexibility index (Phi) is 9.19. The second-order valence-corrected chi connectivity index (χ2v) is 8.89. The monoisotopic (exact) mass is 448 g/mol. The number of hydrogen-bond acceptors (Lipinski definition) is 2. The topological polar surface area (TPSA) is 49.4 Å².